The monoisotopic (exact) mass is 195 g/mol. The van der Waals surface area contributed by atoms with Gasteiger partial charge in [0.25, 0.3) is 0 Å². The van der Waals surface area contributed by atoms with E-state index in [0.717, 1.165) is 36.5 Å². The molecule has 1 heterocycles. The molecule has 0 saturated carbocycles. The van der Waals surface area contributed by atoms with Gasteiger partial charge in [-0.2, -0.15) is 0 Å². The minimum atomic E-state index is 0.758. The number of anilines is 1. The minimum absolute atomic E-state index is 0.758. The first-order valence-electron chi connectivity index (χ1n) is 4.89. The Morgan fingerprint density at radius 2 is 2.21 bits per heavy atom. The molecule has 0 bridgehead atoms. The summed E-state index contributed by atoms with van der Waals surface area (Å²) in [6, 6.07) is 0. The number of nitrogens with zero attached hydrogens (tertiary/aromatic N) is 2. The van der Waals surface area contributed by atoms with Crippen LogP contribution in [0.5, 0.6) is 5.75 Å². The Balaban J connectivity index is 2.90. The average Bonchev–Trinajstić information content (AvgIpc) is 2.25. The first-order chi connectivity index (χ1) is 6.83. The molecule has 1 rings (SSSR count). The van der Waals surface area contributed by atoms with Crippen LogP contribution in [0.25, 0.3) is 0 Å². The largest absolute Gasteiger partial charge is 0.491 e. The molecule has 78 valence electrons. The molecule has 0 fully saturated rings. The summed E-state index contributed by atoms with van der Waals surface area (Å²) >= 11 is 0. The first kappa shape index (κ1) is 10.8. The minimum Gasteiger partial charge on any atom is -0.491 e. The average molecular weight is 195 g/mol. The number of unbranched alkanes of at least 4 members (excludes halogenated alkanes) is 1. The maximum absolute atomic E-state index is 5.28. The number of rotatable bonds is 5. The molecule has 0 aliphatic heterocycles. The van der Waals surface area contributed by atoms with E-state index in [4.69, 9.17) is 4.74 Å². The highest BCUT2D eigenvalue weighted by molar-refractivity contribution is 5.51. The van der Waals surface area contributed by atoms with Crippen molar-refractivity contribution in [2.75, 3.05) is 19.5 Å². The second-order valence-corrected chi connectivity index (χ2v) is 3.06. The van der Waals surface area contributed by atoms with Gasteiger partial charge in [0.05, 0.1) is 12.8 Å². The smallest absolute Gasteiger partial charge is 0.182 e. The molecule has 0 spiro atoms. The van der Waals surface area contributed by atoms with Gasteiger partial charge in [0.1, 0.15) is 6.33 Å². The number of hydrogen-bond acceptors (Lipinski definition) is 4. The molecule has 0 atom stereocenters. The lowest BCUT2D eigenvalue weighted by atomic mass is 10.2. The Morgan fingerprint density at radius 3 is 2.79 bits per heavy atom. The van der Waals surface area contributed by atoms with Crippen LogP contribution in [0.1, 0.15) is 25.5 Å². The van der Waals surface area contributed by atoms with E-state index in [2.05, 4.69) is 22.2 Å². The Kier molecular flexibility index (Phi) is 4.16. The van der Waals surface area contributed by atoms with Crippen molar-refractivity contribution in [1.82, 2.24) is 9.97 Å². The molecule has 0 aromatic carbocycles. The van der Waals surface area contributed by atoms with E-state index < -0.39 is 0 Å². The number of aromatic nitrogens is 2. The summed E-state index contributed by atoms with van der Waals surface area (Å²) in [4.78, 5) is 8.31. The third kappa shape index (κ3) is 2.34. The van der Waals surface area contributed by atoms with Crippen molar-refractivity contribution >= 4 is 5.82 Å². The quantitative estimate of drug-likeness (QED) is 0.779. The van der Waals surface area contributed by atoms with Gasteiger partial charge in [-0.05, 0) is 12.8 Å². The zero-order valence-corrected chi connectivity index (χ0v) is 9.00. The lowest BCUT2D eigenvalue weighted by Crippen LogP contribution is -2.02. The highest BCUT2D eigenvalue weighted by Gasteiger charge is 2.09. The van der Waals surface area contributed by atoms with Gasteiger partial charge < -0.3 is 10.1 Å². The van der Waals surface area contributed by atoms with Crippen molar-refractivity contribution in [3.63, 3.8) is 0 Å². The molecule has 1 aromatic rings. The van der Waals surface area contributed by atoms with E-state index in [0.29, 0.717) is 0 Å². The normalized spacial score (nSPS) is 9.93. The van der Waals surface area contributed by atoms with Crippen LogP contribution in [0, 0.1) is 0 Å². The van der Waals surface area contributed by atoms with Crippen molar-refractivity contribution in [2.24, 2.45) is 0 Å². The summed E-state index contributed by atoms with van der Waals surface area (Å²) < 4.78 is 5.28. The van der Waals surface area contributed by atoms with Gasteiger partial charge in [-0.3, -0.25) is 0 Å². The molecule has 0 amide bonds. The summed E-state index contributed by atoms with van der Waals surface area (Å²) in [5, 5.41) is 2.99. The summed E-state index contributed by atoms with van der Waals surface area (Å²) in [5.41, 5.74) is 0.980. The van der Waals surface area contributed by atoms with Crippen LogP contribution in [-0.4, -0.2) is 24.1 Å². The molecule has 0 unspecified atom stereocenters. The number of methoxy groups -OCH3 is 1. The number of aryl methyl sites for hydroxylation is 1. The van der Waals surface area contributed by atoms with Crippen LogP contribution in [0.15, 0.2) is 6.33 Å². The van der Waals surface area contributed by atoms with E-state index in [9.17, 15) is 0 Å². The van der Waals surface area contributed by atoms with Crippen LogP contribution in [0.3, 0.4) is 0 Å². The van der Waals surface area contributed by atoms with Crippen molar-refractivity contribution in [2.45, 2.75) is 26.2 Å². The maximum atomic E-state index is 5.28. The SMILES string of the molecule is CCCCc1ncnc(NC)c1OC. The second-order valence-electron chi connectivity index (χ2n) is 3.06. The van der Waals surface area contributed by atoms with E-state index in [1.165, 1.54) is 0 Å². The molecule has 0 aliphatic carbocycles. The molecule has 0 radical (unpaired) electrons. The topological polar surface area (TPSA) is 47.0 Å². The number of hydrogen-bond donors (Lipinski definition) is 1. The first-order valence-corrected chi connectivity index (χ1v) is 4.89. The fourth-order valence-corrected chi connectivity index (χ4v) is 1.33. The maximum Gasteiger partial charge on any atom is 0.182 e. The third-order valence-electron chi connectivity index (χ3n) is 2.09. The van der Waals surface area contributed by atoms with Gasteiger partial charge in [0.2, 0.25) is 0 Å². The summed E-state index contributed by atoms with van der Waals surface area (Å²) in [7, 11) is 3.48. The second kappa shape index (κ2) is 5.42. The van der Waals surface area contributed by atoms with Gasteiger partial charge in [0, 0.05) is 7.05 Å². The van der Waals surface area contributed by atoms with Gasteiger partial charge >= 0.3 is 0 Å². The molecular formula is C10H17N3O. The van der Waals surface area contributed by atoms with Crippen molar-refractivity contribution in [3.05, 3.63) is 12.0 Å². The van der Waals surface area contributed by atoms with Crippen molar-refractivity contribution in [3.8, 4) is 5.75 Å². The van der Waals surface area contributed by atoms with Gasteiger partial charge in [-0.25, -0.2) is 9.97 Å². The van der Waals surface area contributed by atoms with Crippen LogP contribution in [0.2, 0.25) is 0 Å². The lowest BCUT2D eigenvalue weighted by Gasteiger charge is -2.10. The van der Waals surface area contributed by atoms with Crippen LogP contribution in [-0.2, 0) is 6.42 Å². The van der Waals surface area contributed by atoms with Crippen LogP contribution < -0.4 is 10.1 Å². The van der Waals surface area contributed by atoms with E-state index in [1.54, 1.807) is 13.4 Å². The van der Waals surface area contributed by atoms with Crippen molar-refractivity contribution in [1.29, 1.82) is 0 Å². The summed E-state index contributed by atoms with van der Waals surface area (Å²) in [5.74, 6) is 1.53. The Bertz CT molecular complexity index is 289. The fraction of sp³-hybridized carbons (Fsp3) is 0.600. The zero-order valence-electron chi connectivity index (χ0n) is 9.00. The van der Waals surface area contributed by atoms with Gasteiger partial charge in [0.15, 0.2) is 11.6 Å². The zero-order chi connectivity index (χ0) is 10.4. The Morgan fingerprint density at radius 1 is 1.43 bits per heavy atom. The number of nitrogens with one attached hydrogen (secondary N) is 1. The Labute approximate surface area is 84.7 Å². The van der Waals surface area contributed by atoms with Crippen LogP contribution >= 0.6 is 0 Å². The predicted octanol–water partition coefficient (Wildman–Crippen LogP) is 1.87. The van der Waals surface area contributed by atoms with Gasteiger partial charge in [-0.1, -0.05) is 13.3 Å². The number of ether oxygens (including phenoxy) is 1. The third-order valence-corrected chi connectivity index (χ3v) is 2.09. The van der Waals surface area contributed by atoms with E-state index >= 15 is 0 Å². The molecule has 4 heteroatoms. The Hall–Kier alpha value is -1.32. The highest BCUT2D eigenvalue weighted by Crippen LogP contribution is 2.25. The van der Waals surface area contributed by atoms with E-state index in [1.807, 2.05) is 7.05 Å². The molecule has 0 aliphatic rings. The molecule has 1 aromatic heterocycles. The molecule has 4 nitrogen and oxygen atoms in total. The lowest BCUT2D eigenvalue weighted by molar-refractivity contribution is 0.406. The molecule has 1 N–H and O–H groups in total. The van der Waals surface area contributed by atoms with E-state index in [-0.39, 0.29) is 0 Å². The molecule has 14 heavy (non-hydrogen) atoms. The molecular weight excluding hydrogens is 178 g/mol. The summed E-state index contributed by atoms with van der Waals surface area (Å²) in [6.45, 7) is 2.16. The van der Waals surface area contributed by atoms with Crippen LogP contribution in [0.4, 0.5) is 5.82 Å². The van der Waals surface area contributed by atoms with Gasteiger partial charge in [-0.15, -0.1) is 0 Å². The fourth-order valence-electron chi connectivity index (χ4n) is 1.33. The van der Waals surface area contributed by atoms with Crippen molar-refractivity contribution < 1.29 is 4.74 Å². The predicted molar refractivity (Wildman–Crippen MR) is 56.7 cm³/mol. The standard InChI is InChI=1S/C10H17N3O/c1-4-5-6-8-9(14-3)10(11-2)13-7-12-8/h7H,4-6H2,1-3H3,(H,11,12,13). The highest BCUT2D eigenvalue weighted by atomic mass is 16.5. The summed E-state index contributed by atoms with van der Waals surface area (Å²) in [6.07, 6.45) is 4.79. The molecule has 0 saturated heterocycles.